The summed E-state index contributed by atoms with van der Waals surface area (Å²) in [4.78, 5) is 4.38. The van der Waals surface area contributed by atoms with Gasteiger partial charge in [0, 0.05) is 24.0 Å². The minimum atomic E-state index is 0.649. The molecule has 0 aromatic carbocycles. The standard InChI is InChI=1S/C11H12N4/c1-8-6-9(7-13-14-8)11-12-4-5-15(11)10-2-3-10/h4-7,10H,2-3H2,1H3. The Labute approximate surface area is 88.0 Å². The summed E-state index contributed by atoms with van der Waals surface area (Å²) in [7, 11) is 0. The van der Waals surface area contributed by atoms with E-state index in [4.69, 9.17) is 0 Å². The molecule has 0 N–H and O–H groups in total. The van der Waals surface area contributed by atoms with Crippen molar-refractivity contribution in [3.63, 3.8) is 0 Å². The maximum absolute atomic E-state index is 4.38. The fraction of sp³-hybridized carbons (Fsp3) is 0.364. The van der Waals surface area contributed by atoms with Gasteiger partial charge in [-0.1, -0.05) is 0 Å². The lowest BCUT2D eigenvalue weighted by Gasteiger charge is -2.05. The van der Waals surface area contributed by atoms with E-state index in [1.54, 1.807) is 6.20 Å². The summed E-state index contributed by atoms with van der Waals surface area (Å²) in [5, 5.41) is 7.91. The molecule has 0 amide bonds. The van der Waals surface area contributed by atoms with E-state index in [1.165, 1.54) is 12.8 Å². The molecule has 0 unspecified atom stereocenters. The van der Waals surface area contributed by atoms with E-state index in [9.17, 15) is 0 Å². The zero-order valence-corrected chi connectivity index (χ0v) is 8.59. The quantitative estimate of drug-likeness (QED) is 0.744. The lowest BCUT2D eigenvalue weighted by molar-refractivity contribution is 0.748. The minimum Gasteiger partial charge on any atom is -0.328 e. The number of aryl methyl sites for hydroxylation is 1. The molecule has 2 aromatic rings. The van der Waals surface area contributed by atoms with E-state index < -0.39 is 0 Å². The van der Waals surface area contributed by atoms with Gasteiger partial charge in [0.15, 0.2) is 0 Å². The zero-order valence-electron chi connectivity index (χ0n) is 8.59. The summed E-state index contributed by atoms with van der Waals surface area (Å²) in [6.45, 7) is 1.95. The first-order chi connectivity index (χ1) is 7.34. The summed E-state index contributed by atoms with van der Waals surface area (Å²) >= 11 is 0. The van der Waals surface area contributed by atoms with Crippen molar-refractivity contribution in [1.82, 2.24) is 19.7 Å². The maximum atomic E-state index is 4.38. The number of nitrogens with zero attached hydrogens (tertiary/aromatic N) is 4. The molecule has 1 saturated carbocycles. The molecule has 1 fully saturated rings. The van der Waals surface area contributed by atoms with Crippen LogP contribution in [-0.4, -0.2) is 19.7 Å². The first kappa shape index (κ1) is 8.59. The molecule has 4 nitrogen and oxygen atoms in total. The predicted octanol–water partition coefficient (Wildman–Crippen LogP) is 1.98. The number of hydrogen-bond acceptors (Lipinski definition) is 3. The number of aromatic nitrogens is 4. The van der Waals surface area contributed by atoms with Crippen molar-refractivity contribution in [2.45, 2.75) is 25.8 Å². The molecule has 0 radical (unpaired) electrons. The molecule has 15 heavy (non-hydrogen) atoms. The van der Waals surface area contributed by atoms with Gasteiger partial charge in [0.2, 0.25) is 0 Å². The van der Waals surface area contributed by atoms with Crippen molar-refractivity contribution in [2.24, 2.45) is 0 Å². The summed E-state index contributed by atoms with van der Waals surface area (Å²) in [6.07, 6.45) is 8.20. The van der Waals surface area contributed by atoms with Gasteiger partial charge >= 0.3 is 0 Å². The second kappa shape index (κ2) is 3.15. The Morgan fingerprint density at radius 2 is 2.27 bits per heavy atom. The molecule has 0 saturated heterocycles. The van der Waals surface area contributed by atoms with Crippen molar-refractivity contribution in [3.05, 3.63) is 30.4 Å². The van der Waals surface area contributed by atoms with Crippen LogP contribution in [0.5, 0.6) is 0 Å². The topological polar surface area (TPSA) is 43.6 Å². The van der Waals surface area contributed by atoms with E-state index in [0.717, 1.165) is 17.1 Å². The highest BCUT2D eigenvalue weighted by molar-refractivity contribution is 5.54. The highest BCUT2D eigenvalue weighted by atomic mass is 15.1. The smallest absolute Gasteiger partial charge is 0.141 e. The molecular weight excluding hydrogens is 188 g/mol. The highest BCUT2D eigenvalue weighted by Crippen LogP contribution is 2.37. The molecule has 0 spiro atoms. The molecular formula is C11H12N4. The van der Waals surface area contributed by atoms with Crippen LogP contribution < -0.4 is 0 Å². The molecule has 76 valence electrons. The summed E-state index contributed by atoms with van der Waals surface area (Å²) in [6, 6.07) is 2.67. The average molecular weight is 200 g/mol. The fourth-order valence-electron chi connectivity index (χ4n) is 1.78. The predicted molar refractivity (Wildman–Crippen MR) is 56.3 cm³/mol. The third-order valence-corrected chi connectivity index (χ3v) is 2.64. The molecule has 0 atom stereocenters. The van der Waals surface area contributed by atoms with Crippen LogP contribution in [0.4, 0.5) is 0 Å². The van der Waals surface area contributed by atoms with Crippen LogP contribution in [0.3, 0.4) is 0 Å². The van der Waals surface area contributed by atoms with Crippen molar-refractivity contribution >= 4 is 0 Å². The minimum absolute atomic E-state index is 0.649. The van der Waals surface area contributed by atoms with Crippen LogP contribution in [0.25, 0.3) is 11.4 Å². The van der Waals surface area contributed by atoms with Gasteiger partial charge in [0.25, 0.3) is 0 Å². The van der Waals surface area contributed by atoms with E-state index in [0.29, 0.717) is 6.04 Å². The molecule has 0 aliphatic heterocycles. The van der Waals surface area contributed by atoms with Crippen molar-refractivity contribution < 1.29 is 0 Å². The number of imidazole rings is 1. The summed E-state index contributed by atoms with van der Waals surface area (Å²) in [5.41, 5.74) is 1.98. The van der Waals surface area contributed by atoms with Crippen LogP contribution in [0.15, 0.2) is 24.7 Å². The van der Waals surface area contributed by atoms with Gasteiger partial charge in [0.05, 0.1) is 11.9 Å². The van der Waals surface area contributed by atoms with Gasteiger partial charge in [-0.15, -0.1) is 0 Å². The van der Waals surface area contributed by atoms with Gasteiger partial charge in [-0.25, -0.2) is 4.98 Å². The SMILES string of the molecule is Cc1cc(-c2nccn2C2CC2)cnn1. The van der Waals surface area contributed by atoms with Gasteiger partial charge in [-0.2, -0.15) is 10.2 Å². The summed E-state index contributed by atoms with van der Waals surface area (Å²) in [5.74, 6) is 1.01. The van der Waals surface area contributed by atoms with Gasteiger partial charge in [0.1, 0.15) is 5.82 Å². The van der Waals surface area contributed by atoms with E-state index in [2.05, 4.69) is 19.7 Å². The van der Waals surface area contributed by atoms with Crippen LogP contribution >= 0.6 is 0 Å². The third kappa shape index (κ3) is 1.52. The number of hydrogen-bond donors (Lipinski definition) is 0. The highest BCUT2D eigenvalue weighted by Gasteiger charge is 2.25. The first-order valence-electron chi connectivity index (χ1n) is 5.17. The average Bonchev–Trinajstić information content (AvgIpc) is 2.96. The Hall–Kier alpha value is -1.71. The van der Waals surface area contributed by atoms with Crippen LogP contribution in [-0.2, 0) is 0 Å². The Morgan fingerprint density at radius 1 is 1.40 bits per heavy atom. The van der Waals surface area contributed by atoms with E-state index in [1.807, 2.05) is 25.4 Å². The fourth-order valence-corrected chi connectivity index (χ4v) is 1.78. The van der Waals surface area contributed by atoms with Crippen LogP contribution in [0.1, 0.15) is 24.6 Å². The van der Waals surface area contributed by atoms with Crippen LogP contribution in [0.2, 0.25) is 0 Å². The van der Waals surface area contributed by atoms with Gasteiger partial charge in [-0.3, -0.25) is 0 Å². The zero-order chi connectivity index (χ0) is 10.3. The lowest BCUT2D eigenvalue weighted by Crippen LogP contribution is -1.97. The summed E-state index contributed by atoms with van der Waals surface area (Å²) < 4.78 is 2.23. The molecule has 0 bridgehead atoms. The van der Waals surface area contributed by atoms with Crippen molar-refractivity contribution in [2.75, 3.05) is 0 Å². The maximum Gasteiger partial charge on any atom is 0.141 e. The molecule has 2 aromatic heterocycles. The Balaban J connectivity index is 2.07. The van der Waals surface area contributed by atoms with Crippen LogP contribution in [0, 0.1) is 6.92 Å². The molecule has 1 aliphatic carbocycles. The number of rotatable bonds is 2. The Morgan fingerprint density at radius 3 is 3.00 bits per heavy atom. The lowest BCUT2D eigenvalue weighted by atomic mass is 10.2. The molecule has 4 heteroatoms. The monoisotopic (exact) mass is 200 g/mol. The Bertz CT molecular complexity index is 485. The van der Waals surface area contributed by atoms with Crippen molar-refractivity contribution in [3.8, 4) is 11.4 Å². The normalized spacial score (nSPS) is 15.5. The first-order valence-corrected chi connectivity index (χ1v) is 5.17. The van der Waals surface area contributed by atoms with E-state index >= 15 is 0 Å². The third-order valence-electron chi connectivity index (χ3n) is 2.64. The second-order valence-corrected chi connectivity index (χ2v) is 3.97. The van der Waals surface area contributed by atoms with Crippen molar-refractivity contribution in [1.29, 1.82) is 0 Å². The van der Waals surface area contributed by atoms with Gasteiger partial charge < -0.3 is 4.57 Å². The van der Waals surface area contributed by atoms with E-state index in [-0.39, 0.29) is 0 Å². The van der Waals surface area contributed by atoms with Gasteiger partial charge in [-0.05, 0) is 25.8 Å². The molecule has 2 heterocycles. The molecule has 3 rings (SSSR count). The second-order valence-electron chi connectivity index (χ2n) is 3.97. The Kier molecular flexibility index (Phi) is 1.80. The molecule has 1 aliphatic rings. The largest absolute Gasteiger partial charge is 0.328 e.